The smallest absolute Gasteiger partial charge is 0.327 e. The van der Waals surface area contributed by atoms with Crippen molar-refractivity contribution in [3.05, 3.63) is 71.8 Å². The molecule has 0 spiro atoms. The number of rotatable bonds is 14. The lowest BCUT2D eigenvalue weighted by atomic mass is 9.98. The number of nitrogens with one attached hydrogen (secondary N) is 3. The van der Waals surface area contributed by atoms with Crippen molar-refractivity contribution in [3.63, 3.8) is 0 Å². The Bertz CT molecular complexity index is 1040. The van der Waals surface area contributed by atoms with Crippen molar-refractivity contribution in [3.8, 4) is 0 Å². The molecule has 0 aliphatic carbocycles. The first-order valence-electron chi connectivity index (χ1n) is 12.2. The highest BCUT2D eigenvalue weighted by atomic mass is 32.1. The van der Waals surface area contributed by atoms with Gasteiger partial charge in [0, 0.05) is 18.6 Å². The first-order chi connectivity index (χ1) is 17.7. The van der Waals surface area contributed by atoms with Gasteiger partial charge in [-0.2, -0.15) is 12.6 Å². The van der Waals surface area contributed by atoms with E-state index in [1.54, 1.807) is 24.3 Å². The summed E-state index contributed by atoms with van der Waals surface area (Å²) in [5, 5.41) is 17.2. The first-order valence-corrected chi connectivity index (χ1v) is 12.9. The van der Waals surface area contributed by atoms with E-state index in [1.165, 1.54) is 0 Å². The number of carboxylic acids is 1. The Morgan fingerprint density at radius 3 is 1.57 bits per heavy atom. The zero-order valence-corrected chi connectivity index (χ0v) is 22.0. The van der Waals surface area contributed by atoms with Gasteiger partial charge in [0.1, 0.15) is 18.1 Å². The van der Waals surface area contributed by atoms with Gasteiger partial charge in [0.25, 0.3) is 0 Å². The number of nitrogens with two attached hydrogens (primary N) is 1. The molecule has 0 saturated heterocycles. The summed E-state index contributed by atoms with van der Waals surface area (Å²) >= 11 is 3.99. The second-order valence-corrected chi connectivity index (χ2v) is 9.36. The predicted octanol–water partition coefficient (Wildman–Crippen LogP) is 1.31. The quantitative estimate of drug-likeness (QED) is 0.204. The van der Waals surface area contributed by atoms with Crippen LogP contribution < -0.4 is 21.7 Å². The number of hydrogen-bond acceptors (Lipinski definition) is 6. The number of benzene rings is 2. The number of amides is 3. The Balaban J connectivity index is 2.29. The molecule has 0 bridgehead atoms. The third-order valence-electron chi connectivity index (χ3n) is 6.19. The maximum atomic E-state index is 13.5. The van der Waals surface area contributed by atoms with Gasteiger partial charge in [-0.05, 0) is 17.0 Å². The van der Waals surface area contributed by atoms with Gasteiger partial charge >= 0.3 is 5.97 Å². The molecule has 0 aliphatic rings. The summed E-state index contributed by atoms with van der Waals surface area (Å²) in [5.41, 5.74) is 7.67. The SMILES string of the molecule is CCC(C)C(N)C(=O)NC(Cc1ccccc1)C(=O)NC(Cc1ccccc1)C(=O)NC(CS)C(=O)O. The second kappa shape index (κ2) is 15.0. The molecule has 5 unspecified atom stereocenters. The van der Waals surface area contributed by atoms with E-state index in [1.807, 2.05) is 50.2 Å². The molecule has 3 amide bonds. The minimum Gasteiger partial charge on any atom is -0.480 e. The summed E-state index contributed by atoms with van der Waals surface area (Å²) in [6, 6.07) is 14.1. The van der Waals surface area contributed by atoms with E-state index in [-0.39, 0.29) is 24.5 Å². The van der Waals surface area contributed by atoms with Crippen LogP contribution in [0.1, 0.15) is 31.4 Å². The summed E-state index contributed by atoms with van der Waals surface area (Å²) in [6.45, 7) is 3.78. The third-order valence-corrected chi connectivity index (χ3v) is 6.55. The monoisotopic (exact) mass is 528 g/mol. The summed E-state index contributed by atoms with van der Waals surface area (Å²) in [6.07, 6.45) is 0.995. The average Bonchev–Trinajstić information content (AvgIpc) is 2.90. The van der Waals surface area contributed by atoms with Gasteiger partial charge in [-0.3, -0.25) is 14.4 Å². The molecule has 0 heterocycles. The molecule has 37 heavy (non-hydrogen) atoms. The fraction of sp³-hybridized carbons (Fsp3) is 0.407. The Kier molecular flexibility index (Phi) is 12.1. The van der Waals surface area contributed by atoms with E-state index in [0.29, 0.717) is 6.42 Å². The molecule has 2 aromatic rings. The molecule has 0 aromatic heterocycles. The molecule has 6 N–H and O–H groups in total. The van der Waals surface area contributed by atoms with Gasteiger partial charge in [-0.25, -0.2) is 4.79 Å². The fourth-order valence-corrected chi connectivity index (χ4v) is 3.88. The summed E-state index contributed by atoms with van der Waals surface area (Å²) in [4.78, 5) is 50.8. The zero-order chi connectivity index (χ0) is 27.4. The van der Waals surface area contributed by atoms with Crippen molar-refractivity contribution in [1.82, 2.24) is 16.0 Å². The maximum absolute atomic E-state index is 13.5. The molecule has 9 nitrogen and oxygen atoms in total. The number of carbonyl (C=O) groups excluding carboxylic acids is 3. The van der Waals surface area contributed by atoms with Crippen molar-refractivity contribution in [2.75, 3.05) is 5.75 Å². The van der Waals surface area contributed by atoms with Crippen LogP contribution in [-0.4, -0.2) is 58.7 Å². The van der Waals surface area contributed by atoms with E-state index in [4.69, 9.17) is 5.73 Å². The van der Waals surface area contributed by atoms with Gasteiger partial charge in [0.15, 0.2) is 0 Å². The Labute approximate surface area is 223 Å². The van der Waals surface area contributed by atoms with Crippen molar-refractivity contribution in [2.45, 2.75) is 57.3 Å². The van der Waals surface area contributed by atoms with E-state index in [9.17, 15) is 24.3 Å². The maximum Gasteiger partial charge on any atom is 0.327 e. The van der Waals surface area contributed by atoms with Crippen LogP contribution in [0.25, 0.3) is 0 Å². The summed E-state index contributed by atoms with van der Waals surface area (Å²) in [5.74, 6) is -3.15. The Morgan fingerprint density at radius 1 is 0.784 bits per heavy atom. The predicted molar refractivity (Wildman–Crippen MR) is 145 cm³/mol. The summed E-state index contributed by atoms with van der Waals surface area (Å²) < 4.78 is 0. The summed E-state index contributed by atoms with van der Waals surface area (Å²) in [7, 11) is 0. The molecule has 0 saturated carbocycles. The zero-order valence-electron chi connectivity index (χ0n) is 21.1. The number of thiol groups is 1. The van der Waals surface area contributed by atoms with Crippen LogP contribution in [0, 0.1) is 5.92 Å². The van der Waals surface area contributed by atoms with Gasteiger partial charge in [0.05, 0.1) is 6.04 Å². The molecule has 10 heteroatoms. The number of aliphatic carboxylic acids is 1. The van der Waals surface area contributed by atoms with Gasteiger partial charge < -0.3 is 26.8 Å². The molecule has 2 aromatic carbocycles. The number of hydrogen-bond donors (Lipinski definition) is 6. The highest BCUT2D eigenvalue weighted by Crippen LogP contribution is 2.10. The highest BCUT2D eigenvalue weighted by molar-refractivity contribution is 7.80. The van der Waals surface area contributed by atoms with Crippen LogP contribution in [0.4, 0.5) is 0 Å². The lowest BCUT2D eigenvalue weighted by Gasteiger charge is -2.26. The Morgan fingerprint density at radius 2 is 1.19 bits per heavy atom. The van der Waals surface area contributed by atoms with Crippen molar-refractivity contribution in [2.24, 2.45) is 11.7 Å². The van der Waals surface area contributed by atoms with Crippen LogP contribution >= 0.6 is 12.6 Å². The lowest BCUT2D eigenvalue weighted by molar-refractivity contribution is -0.141. The molecule has 0 fully saturated rings. The second-order valence-electron chi connectivity index (χ2n) is 9.00. The molecular formula is C27H36N4O5S. The normalized spacial score (nSPS) is 14.9. The molecule has 200 valence electrons. The van der Waals surface area contributed by atoms with Crippen molar-refractivity contribution < 1.29 is 24.3 Å². The largest absolute Gasteiger partial charge is 0.480 e. The highest BCUT2D eigenvalue weighted by Gasteiger charge is 2.31. The standard InChI is InChI=1S/C27H36N4O5S/c1-3-17(2)23(28)26(34)30-21(15-19-12-8-5-9-13-19)24(32)29-20(14-18-10-6-4-7-11-18)25(33)31-22(16-37)27(35)36/h4-13,17,20-23,37H,3,14-16,28H2,1-2H3,(H,29,32)(H,30,34)(H,31,33)(H,35,36). The molecular weight excluding hydrogens is 492 g/mol. The fourth-order valence-electron chi connectivity index (χ4n) is 3.63. The third kappa shape index (κ3) is 9.55. The van der Waals surface area contributed by atoms with Crippen LogP contribution in [-0.2, 0) is 32.0 Å². The van der Waals surface area contributed by atoms with E-state index in [2.05, 4.69) is 28.6 Å². The van der Waals surface area contributed by atoms with Gasteiger partial charge in [0.2, 0.25) is 17.7 Å². The molecule has 2 rings (SSSR count). The number of carboxylic acid groups (broad SMARTS) is 1. The van der Waals surface area contributed by atoms with E-state index in [0.717, 1.165) is 11.1 Å². The van der Waals surface area contributed by atoms with Crippen molar-refractivity contribution >= 4 is 36.3 Å². The van der Waals surface area contributed by atoms with Gasteiger partial charge in [-0.1, -0.05) is 80.9 Å². The van der Waals surface area contributed by atoms with Crippen LogP contribution in [0.3, 0.4) is 0 Å². The Hall–Kier alpha value is -3.37. The molecule has 0 radical (unpaired) electrons. The van der Waals surface area contributed by atoms with Crippen LogP contribution in [0.2, 0.25) is 0 Å². The number of carbonyl (C=O) groups is 4. The molecule has 0 aliphatic heterocycles. The lowest BCUT2D eigenvalue weighted by Crippen LogP contribution is -2.58. The van der Waals surface area contributed by atoms with Gasteiger partial charge in [-0.15, -0.1) is 0 Å². The molecule has 5 atom stereocenters. The van der Waals surface area contributed by atoms with E-state index >= 15 is 0 Å². The first kappa shape index (κ1) is 29.9. The minimum absolute atomic E-state index is 0.0915. The van der Waals surface area contributed by atoms with E-state index < -0.39 is 47.9 Å². The average molecular weight is 529 g/mol. The topological polar surface area (TPSA) is 151 Å². The minimum atomic E-state index is -1.23. The van der Waals surface area contributed by atoms with Crippen molar-refractivity contribution in [1.29, 1.82) is 0 Å². The van der Waals surface area contributed by atoms with Crippen LogP contribution in [0.15, 0.2) is 60.7 Å². The van der Waals surface area contributed by atoms with Crippen LogP contribution in [0.5, 0.6) is 0 Å².